The van der Waals surface area contributed by atoms with E-state index in [0.717, 1.165) is 11.4 Å². The van der Waals surface area contributed by atoms with Crippen LogP contribution in [0.4, 0.5) is 5.69 Å². The van der Waals surface area contributed by atoms with Crippen molar-refractivity contribution in [3.63, 3.8) is 0 Å². The highest BCUT2D eigenvalue weighted by atomic mass is 79.9. The molecule has 1 nitrogen and oxygen atoms in total. The molecule has 0 aliphatic heterocycles. The minimum atomic E-state index is -0.0127. The van der Waals surface area contributed by atoms with Gasteiger partial charge in [-0.1, -0.05) is 109 Å². The molecular formula is C26H21BBrN. The van der Waals surface area contributed by atoms with E-state index in [-0.39, 0.29) is 5.67 Å². The summed E-state index contributed by atoms with van der Waals surface area (Å²) in [6, 6.07) is 42.1. The number of hydrogen-bond donors (Lipinski definition) is 0. The summed E-state index contributed by atoms with van der Waals surface area (Å²) >= 11 is 3.99. The number of benzene rings is 4. The molecule has 0 heterocycles. The SMILES string of the molecule is BrB(c1ccccc1)N(/C(=C\c1ccccc1)c1ccccc1)c1ccccc1. The van der Waals surface area contributed by atoms with Crippen LogP contribution in [0.5, 0.6) is 0 Å². The lowest BCUT2D eigenvalue weighted by atomic mass is 9.78. The van der Waals surface area contributed by atoms with Crippen molar-refractivity contribution >= 4 is 44.4 Å². The first kappa shape index (κ1) is 19.3. The van der Waals surface area contributed by atoms with Crippen LogP contribution >= 0.6 is 15.8 Å². The Morgan fingerprint density at radius 1 is 0.621 bits per heavy atom. The predicted octanol–water partition coefficient (Wildman–Crippen LogP) is 6.48. The lowest BCUT2D eigenvalue weighted by Crippen LogP contribution is -2.43. The third-order valence-electron chi connectivity index (χ3n) is 4.77. The molecule has 0 bridgehead atoms. The van der Waals surface area contributed by atoms with Crippen molar-refractivity contribution in [1.29, 1.82) is 0 Å². The van der Waals surface area contributed by atoms with Gasteiger partial charge in [-0.25, -0.2) is 0 Å². The van der Waals surface area contributed by atoms with Gasteiger partial charge in [0.15, 0.2) is 0 Å². The zero-order chi connectivity index (χ0) is 19.9. The first-order chi connectivity index (χ1) is 14.3. The molecule has 0 radical (unpaired) electrons. The van der Waals surface area contributed by atoms with E-state index in [1.807, 2.05) is 12.1 Å². The Hall–Kier alpha value is -3.04. The Labute approximate surface area is 181 Å². The zero-order valence-corrected chi connectivity index (χ0v) is 17.6. The van der Waals surface area contributed by atoms with Crippen LogP contribution in [-0.2, 0) is 0 Å². The number of rotatable bonds is 6. The van der Waals surface area contributed by atoms with Gasteiger partial charge >= 0.3 is 5.67 Å². The second kappa shape index (κ2) is 9.44. The minimum absolute atomic E-state index is 0.0127. The fourth-order valence-electron chi connectivity index (χ4n) is 3.35. The van der Waals surface area contributed by atoms with Crippen LogP contribution in [-0.4, -0.2) is 5.67 Å². The van der Waals surface area contributed by atoms with Crippen molar-refractivity contribution in [3.8, 4) is 0 Å². The molecule has 0 amide bonds. The summed E-state index contributed by atoms with van der Waals surface area (Å²) in [5.74, 6) is 0. The largest absolute Gasteiger partial charge is 0.371 e. The van der Waals surface area contributed by atoms with Gasteiger partial charge in [0, 0.05) is 11.4 Å². The fraction of sp³-hybridized carbons (Fsp3) is 0. The van der Waals surface area contributed by atoms with E-state index in [2.05, 4.69) is 136 Å². The summed E-state index contributed by atoms with van der Waals surface area (Å²) in [5, 5.41) is 0. The van der Waals surface area contributed by atoms with Gasteiger partial charge in [-0.3, -0.25) is 0 Å². The summed E-state index contributed by atoms with van der Waals surface area (Å²) in [7, 11) is 0. The molecule has 0 spiro atoms. The number of nitrogens with zero attached hydrogens (tertiary/aromatic N) is 1. The van der Waals surface area contributed by atoms with Crippen LogP contribution in [0.15, 0.2) is 121 Å². The molecule has 3 heteroatoms. The van der Waals surface area contributed by atoms with Gasteiger partial charge in [-0.05, 0) is 34.8 Å². The van der Waals surface area contributed by atoms with Gasteiger partial charge in [0.2, 0.25) is 0 Å². The van der Waals surface area contributed by atoms with Crippen LogP contribution < -0.4 is 10.3 Å². The molecule has 0 aliphatic rings. The number of halogens is 1. The average Bonchev–Trinajstić information content (AvgIpc) is 2.81. The van der Waals surface area contributed by atoms with Crippen LogP contribution in [0.2, 0.25) is 0 Å². The smallest absolute Gasteiger partial charge is 0.371 e. The Balaban J connectivity index is 1.90. The van der Waals surface area contributed by atoms with Crippen molar-refractivity contribution in [2.45, 2.75) is 0 Å². The summed E-state index contributed by atoms with van der Waals surface area (Å²) in [5.41, 5.74) is 5.78. The summed E-state index contributed by atoms with van der Waals surface area (Å²) < 4.78 is 0. The first-order valence-electron chi connectivity index (χ1n) is 9.68. The van der Waals surface area contributed by atoms with E-state index < -0.39 is 0 Å². The van der Waals surface area contributed by atoms with Crippen LogP contribution in [0.1, 0.15) is 11.1 Å². The van der Waals surface area contributed by atoms with Crippen LogP contribution in [0.25, 0.3) is 11.8 Å². The maximum atomic E-state index is 3.99. The molecule has 0 N–H and O–H groups in total. The Bertz CT molecular complexity index is 1050. The zero-order valence-electron chi connectivity index (χ0n) is 16.0. The third kappa shape index (κ3) is 4.69. The van der Waals surface area contributed by atoms with Crippen molar-refractivity contribution in [2.24, 2.45) is 0 Å². The quantitative estimate of drug-likeness (QED) is 0.246. The van der Waals surface area contributed by atoms with E-state index in [1.165, 1.54) is 16.6 Å². The van der Waals surface area contributed by atoms with Gasteiger partial charge in [0.05, 0.1) is 0 Å². The molecular weight excluding hydrogens is 417 g/mol. The Morgan fingerprint density at radius 2 is 1.10 bits per heavy atom. The highest BCUT2D eigenvalue weighted by Gasteiger charge is 2.27. The van der Waals surface area contributed by atoms with Crippen molar-refractivity contribution in [3.05, 3.63) is 132 Å². The maximum absolute atomic E-state index is 3.99. The fourth-order valence-corrected chi connectivity index (χ4v) is 4.11. The summed E-state index contributed by atoms with van der Waals surface area (Å²) in [4.78, 5) is 2.34. The van der Waals surface area contributed by atoms with Crippen LogP contribution in [0.3, 0.4) is 0 Å². The second-order valence-corrected chi connectivity index (χ2v) is 7.63. The Morgan fingerprint density at radius 3 is 1.69 bits per heavy atom. The topological polar surface area (TPSA) is 3.24 Å². The molecule has 0 atom stereocenters. The van der Waals surface area contributed by atoms with Gasteiger partial charge in [0.1, 0.15) is 0 Å². The van der Waals surface area contributed by atoms with Crippen molar-refractivity contribution in [2.75, 3.05) is 4.81 Å². The highest BCUT2D eigenvalue weighted by Crippen LogP contribution is 2.31. The van der Waals surface area contributed by atoms with E-state index in [9.17, 15) is 0 Å². The molecule has 0 saturated carbocycles. The lowest BCUT2D eigenvalue weighted by molar-refractivity contribution is 1.41. The van der Waals surface area contributed by atoms with Gasteiger partial charge < -0.3 is 4.81 Å². The van der Waals surface area contributed by atoms with Gasteiger partial charge in [-0.15, -0.1) is 15.8 Å². The van der Waals surface area contributed by atoms with E-state index >= 15 is 0 Å². The summed E-state index contributed by atoms with van der Waals surface area (Å²) in [6.07, 6.45) is 2.25. The normalized spacial score (nSPS) is 11.1. The molecule has 0 aliphatic carbocycles. The van der Waals surface area contributed by atoms with Crippen molar-refractivity contribution in [1.82, 2.24) is 0 Å². The molecule has 140 valence electrons. The molecule has 0 unspecified atom stereocenters. The van der Waals surface area contributed by atoms with Gasteiger partial charge in [0.25, 0.3) is 0 Å². The van der Waals surface area contributed by atoms with Crippen molar-refractivity contribution < 1.29 is 0 Å². The van der Waals surface area contributed by atoms with E-state index in [4.69, 9.17) is 0 Å². The molecule has 4 aromatic carbocycles. The molecule has 0 saturated heterocycles. The minimum Gasteiger partial charge on any atom is -0.371 e. The number of anilines is 1. The number of hydrogen-bond acceptors (Lipinski definition) is 1. The average molecular weight is 438 g/mol. The molecule has 0 fully saturated rings. The first-order valence-corrected chi connectivity index (χ1v) is 10.6. The summed E-state index contributed by atoms with van der Waals surface area (Å²) in [6.45, 7) is 0. The monoisotopic (exact) mass is 437 g/mol. The standard InChI is InChI=1S/C26H21BBrN/c28-27(24-17-9-3-10-18-24)29(25-19-11-4-12-20-25)26(23-15-7-2-8-16-23)21-22-13-5-1-6-14-22/h1-21H/b26-21-. The maximum Gasteiger partial charge on any atom is 0.371 e. The molecule has 4 aromatic rings. The lowest BCUT2D eigenvalue weighted by Gasteiger charge is -2.31. The highest BCUT2D eigenvalue weighted by molar-refractivity contribution is 9.25. The Kier molecular flexibility index (Phi) is 6.28. The third-order valence-corrected chi connectivity index (χ3v) is 5.71. The van der Waals surface area contributed by atoms with E-state index in [0.29, 0.717) is 0 Å². The van der Waals surface area contributed by atoms with E-state index in [1.54, 1.807) is 0 Å². The molecule has 4 rings (SSSR count). The number of para-hydroxylation sites is 1. The van der Waals surface area contributed by atoms with Crippen LogP contribution in [0, 0.1) is 0 Å². The predicted molar refractivity (Wildman–Crippen MR) is 130 cm³/mol. The second-order valence-electron chi connectivity index (χ2n) is 6.76. The molecule has 29 heavy (non-hydrogen) atoms. The molecule has 0 aromatic heterocycles. The van der Waals surface area contributed by atoms with Gasteiger partial charge in [-0.2, -0.15) is 0 Å².